The van der Waals surface area contributed by atoms with Crippen molar-refractivity contribution in [2.75, 3.05) is 38.1 Å². The molecule has 29 heavy (non-hydrogen) atoms. The molecule has 154 valence electrons. The summed E-state index contributed by atoms with van der Waals surface area (Å²) in [6, 6.07) is 8.64. The summed E-state index contributed by atoms with van der Waals surface area (Å²) in [6.07, 6.45) is 5.35. The van der Waals surface area contributed by atoms with Crippen LogP contribution >= 0.6 is 0 Å². The maximum Gasteiger partial charge on any atom is 0.344 e. The molecule has 0 bridgehead atoms. The van der Waals surface area contributed by atoms with E-state index < -0.39 is 0 Å². The second-order valence-electron chi connectivity index (χ2n) is 8.62. The molecule has 1 unspecified atom stereocenters. The van der Waals surface area contributed by atoms with Crippen LogP contribution in [0.15, 0.2) is 36.7 Å². The first-order chi connectivity index (χ1) is 13.8. The first kappa shape index (κ1) is 19.6. The van der Waals surface area contributed by atoms with E-state index in [9.17, 15) is 9.59 Å². The van der Waals surface area contributed by atoms with Crippen LogP contribution in [0, 0.1) is 12.3 Å². The minimum absolute atomic E-state index is 0.0863. The lowest BCUT2D eigenvalue weighted by Crippen LogP contribution is -2.36. The Labute approximate surface area is 171 Å². The molecule has 0 aliphatic carbocycles. The van der Waals surface area contributed by atoms with Crippen molar-refractivity contribution >= 4 is 17.6 Å². The maximum absolute atomic E-state index is 12.9. The lowest BCUT2D eigenvalue weighted by atomic mass is 9.86. The molecule has 2 aliphatic heterocycles. The summed E-state index contributed by atoms with van der Waals surface area (Å²) in [4.78, 5) is 30.3. The van der Waals surface area contributed by atoms with Crippen molar-refractivity contribution in [3.05, 3.63) is 47.8 Å². The SMILES string of the molecule is CC(=O)N(C)c1cnn(C(=O)N2CCC3(CCN(Cc4ccc(C)cc4)C3)C2)c1. The van der Waals surface area contributed by atoms with Gasteiger partial charge in [-0.3, -0.25) is 9.69 Å². The van der Waals surface area contributed by atoms with Crippen LogP contribution in [0.25, 0.3) is 0 Å². The molecule has 1 spiro atoms. The molecule has 3 heterocycles. The lowest BCUT2D eigenvalue weighted by molar-refractivity contribution is -0.116. The van der Waals surface area contributed by atoms with Crippen LogP contribution in [-0.4, -0.2) is 64.7 Å². The number of likely N-dealkylation sites (tertiary alicyclic amines) is 2. The highest BCUT2D eigenvalue weighted by molar-refractivity contribution is 5.91. The summed E-state index contributed by atoms with van der Waals surface area (Å²) in [5.41, 5.74) is 3.45. The molecule has 2 aromatic rings. The first-order valence-corrected chi connectivity index (χ1v) is 10.2. The molecule has 0 N–H and O–H groups in total. The van der Waals surface area contributed by atoms with Gasteiger partial charge in [0.2, 0.25) is 5.91 Å². The number of anilines is 1. The molecule has 7 nitrogen and oxygen atoms in total. The molecular formula is C22H29N5O2. The molecule has 7 heteroatoms. The van der Waals surface area contributed by atoms with Crippen LogP contribution in [0.5, 0.6) is 0 Å². The van der Waals surface area contributed by atoms with Crippen molar-refractivity contribution in [2.24, 2.45) is 5.41 Å². The summed E-state index contributed by atoms with van der Waals surface area (Å²) < 4.78 is 1.35. The van der Waals surface area contributed by atoms with E-state index in [0.717, 1.165) is 45.6 Å². The number of aryl methyl sites for hydroxylation is 1. The third kappa shape index (κ3) is 4.05. The lowest BCUT2D eigenvalue weighted by Gasteiger charge is -2.24. The van der Waals surface area contributed by atoms with E-state index >= 15 is 0 Å². The average molecular weight is 396 g/mol. The summed E-state index contributed by atoms with van der Waals surface area (Å²) in [5, 5.41) is 4.18. The number of nitrogens with zero attached hydrogens (tertiary/aromatic N) is 5. The predicted molar refractivity (Wildman–Crippen MR) is 112 cm³/mol. The van der Waals surface area contributed by atoms with E-state index in [4.69, 9.17) is 0 Å². The molecule has 1 aromatic heterocycles. The van der Waals surface area contributed by atoms with Crippen LogP contribution in [-0.2, 0) is 11.3 Å². The molecule has 1 aromatic carbocycles. The van der Waals surface area contributed by atoms with Gasteiger partial charge in [0.15, 0.2) is 0 Å². The number of carbonyl (C=O) groups excluding carboxylic acids is 2. The smallest absolute Gasteiger partial charge is 0.322 e. The Morgan fingerprint density at radius 3 is 2.59 bits per heavy atom. The van der Waals surface area contributed by atoms with E-state index in [2.05, 4.69) is 41.2 Å². The topological polar surface area (TPSA) is 61.7 Å². The zero-order valence-corrected chi connectivity index (χ0v) is 17.5. The Hall–Kier alpha value is -2.67. The zero-order valence-electron chi connectivity index (χ0n) is 17.5. The number of hydrogen-bond donors (Lipinski definition) is 0. The van der Waals surface area contributed by atoms with E-state index in [1.54, 1.807) is 19.4 Å². The normalized spacial score (nSPS) is 21.8. The van der Waals surface area contributed by atoms with Gasteiger partial charge >= 0.3 is 6.03 Å². The van der Waals surface area contributed by atoms with Crippen LogP contribution in [0.2, 0.25) is 0 Å². The zero-order chi connectivity index (χ0) is 20.6. The van der Waals surface area contributed by atoms with E-state index in [-0.39, 0.29) is 17.4 Å². The summed E-state index contributed by atoms with van der Waals surface area (Å²) >= 11 is 0. The van der Waals surface area contributed by atoms with Crippen LogP contribution in [0.4, 0.5) is 10.5 Å². The summed E-state index contributed by atoms with van der Waals surface area (Å²) in [5.74, 6) is -0.0863. The third-order valence-electron chi connectivity index (χ3n) is 6.38. The molecule has 2 amide bonds. The molecule has 4 rings (SSSR count). The van der Waals surface area contributed by atoms with Gasteiger partial charge in [-0.15, -0.1) is 0 Å². The van der Waals surface area contributed by atoms with Gasteiger partial charge in [0.05, 0.1) is 18.1 Å². The Kier molecular flexibility index (Phi) is 5.17. The van der Waals surface area contributed by atoms with Crippen LogP contribution in [0.3, 0.4) is 0 Å². The highest BCUT2D eigenvalue weighted by atomic mass is 16.2. The van der Waals surface area contributed by atoms with Gasteiger partial charge in [-0.2, -0.15) is 9.78 Å². The van der Waals surface area contributed by atoms with Crippen molar-refractivity contribution in [3.8, 4) is 0 Å². The van der Waals surface area contributed by atoms with Gasteiger partial charge < -0.3 is 9.80 Å². The molecule has 2 fully saturated rings. The minimum Gasteiger partial charge on any atom is -0.322 e. The largest absolute Gasteiger partial charge is 0.344 e. The van der Waals surface area contributed by atoms with Crippen molar-refractivity contribution in [2.45, 2.75) is 33.2 Å². The summed E-state index contributed by atoms with van der Waals surface area (Å²) in [7, 11) is 1.68. The Morgan fingerprint density at radius 1 is 1.14 bits per heavy atom. The number of aromatic nitrogens is 2. The number of carbonyl (C=O) groups is 2. The van der Waals surface area contributed by atoms with Crippen molar-refractivity contribution < 1.29 is 9.59 Å². The van der Waals surface area contributed by atoms with Gasteiger partial charge in [0, 0.05) is 45.6 Å². The van der Waals surface area contributed by atoms with Gasteiger partial charge in [0.1, 0.15) is 0 Å². The molecule has 0 radical (unpaired) electrons. The monoisotopic (exact) mass is 395 g/mol. The van der Waals surface area contributed by atoms with E-state index in [1.807, 2.05) is 4.90 Å². The van der Waals surface area contributed by atoms with Crippen molar-refractivity contribution in [3.63, 3.8) is 0 Å². The van der Waals surface area contributed by atoms with Gasteiger partial charge in [-0.1, -0.05) is 29.8 Å². The number of rotatable bonds is 3. The number of amides is 2. The highest BCUT2D eigenvalue weighted by Crippen LogP contribution is 2.40. The maximum atomic E-state index is 12.9. The van der Waals surface area contributed by atoms with Gasteiger partial charge in [0.25, 0.3) is 0 Å². The molecule has 0 saturated carbocycles. The van der Waals surface area contributed by atoms with Crippen LogP contribution in [0.1, 0.15) is 30.9 Å². The van der Waals surface area contributed by atoms with E-state index in [1.165, 1.54) is 27.6 Å². The molecule has 2 saturated heterocycles. The predicted octanol–water partition coefficient (Wildman–Crippen LogP) is 2.74. The number of benzene rings is 1. The van der Waals surface area contributed by atoms with Crippen molar-refractivity contribution in [1.29, 1.82) is 0 Å². The van der Waals surface area contributed by atoms with E-state index in [0.29, 0.717) is 5.69 Å². The third-order valence-corrected chi connectivity index (χ3v) is 6.38. The quantitative estimate of drug-likeness (QED) is 0.802. The fourth-order valence-electron chi connectivity index (χ4n) is 4.46. The second-order valence-corrected chi connectivity index (χ2v) is 8.62. The van der Waals surface area contributed by atoms with Gasteiger partial charge in [-0.05, 0) is 31.9 Å². The van der Waals surface area contributed by atoms with Gasteiger partial charge in [-0.25, -0.2) is 4.79 Å². The first-order valence-electron chi connectivity index (χ1n) is 10.2. The summed E-state index contributed by atoms with van der Waals surface area (Å²) in [6.45, 7) is 8.21. The second kappa shape index (κ2) is 7.63. The average Bonchev–Trinajstić information content (AvgIpc) is 3.43. The Bertz CT molecular complexity index is 906. The Morgan fingerprint density at radius 2 is 1.86 bits per heavy atom. The molecule has 1 atom stereocenters. The standard InChI is InChI=1S/C22H29N5O2/c1-17-4-6-19(7-5-17)13-25-10-8-22(15-25)9-11-26(16-22)21(29)27-14-20(12-23-27)24(3)18(2)28/h4-7,12,14H,8-11,13,15-16H2,1-3H3. The molecule has 2 aliphatic rings. The highest BCUT2D eigenvalue weighted by Gasteiger charge is 2.45. The van der Waals surface area contributed by atoms with Crippen LogP contribution < -0.4 is 4.90 Å². The minimum atomic E-state index is -0.109. The fraction of sp³-hybridized carbons (Fsp3) is 0.500. The number of hydrogen-bond acceptors (Lipinski definition) is 4. The Balaban J connectivity index is 1.37. The van der Waals surface area contributed by atoms with Crippen molar-refractivity contribution in [1.82, 2.24) is 19.6 Å². The molecular weight excluding hydrogens is 366 g/mol. The fourth-order valence-corrected chi connectivity index (χ4v) is 4.46.